The average Bonchev–Trinajstić information content (AvgIpc) is 2.50. The van der Waals surface area contributed by atoms with E-state index in [4.69, 9.17) is 15.9 Å². The number of H-pyrrole nitrogens is 1. The number of fused-ring (bicyclic) bond motifs is 1. The van der Waals surface area contributed by atoms with Gasteiger partial charge in [0, 0.05) is 12.0 Å². The third-order valence-corrected chi connectivity index (χ3v) is 3.65. The summed E-state index contributed by atoms with van der Waals surface area (Å²) in [6, 6.07) is 1.46. The Morgan fingerprint density at radius 1 is 1.32 bits per heavy atom. The fourth-order valence-electron chi connectivity index (χ4n) is 2.42. The molecule has 0 spiro atoms. The van der Waals surface area contributed by atoms with E-state index in [2.05, 4.69) is 15.3 Å². The van der Waals surface area contributed by atoms with Gasteiger partial charge in [0.15, 0.2) is 0 Å². The van der Waals surface area contributed by atoms with Crippen LogP contribution in [0.15, 0.2) is 16.9 Å². The summed E-state index contributed by atoms with van der Waals surface area (Å²) < 4.78 is 0. The number of carboxylic acid groups (broad SMARTS) is 2. The predicted molar refractivity (Wildman–Crippen MR) is 87.3 cm³/mol. The minimum atomic E-state index is -1.36. The van der Waals surface area contributed by atoms with Gasteiger partial charge < -0.3 is 21.3 Å². The van der Waals surface area contributed by atoms with Gasteiger partial charge in [-0.3, -0.25) is 19.4 Å². The van der Waals surface area contributed by atoms with E-state index in [0.29, 0.717) is 11.1 Å². The van der Waals surface area contributed by atoms with Gasteiger partial charge in [-0.1, -0.05) is 0 Å². The summed E-state index contributed by atoms with van der Waals surface area (Å²) in [6.45, 7) is 1.53. The van der Waals surface area contributed by atoms with Crippen LogP contribution in [0.3, 0.4) is 0 Å². The normalized spacial score (nSPS) is 11.9. The molecular weight excluding hydrogens is 332 g/mol. The van der Waals surface area contributed by atoms with E-state index in [0.717, 1.165) is 0 Å². The summed E-state index contributed by atoms with van der Waals surface area (Å²) in [7, 11) is 0. The maximum absolute atomic E-state index is 12.4. The minimum absolute atomic E-state index is 0.0614. The van der Waals surface area contributed by atoms with Crippen molar-refractivity contribution in [3.63, 3.8) is 0 Å². The number of benzene rings is 1. The second-order valence-electron chi connectivity index (χ2n) is 5.38. The van der Waals surface area contributed by atoms with Crippen LogP contribution in [0.25, 0.3) is 10.9 Å². The molecule has 0 saturated heterocycles. The van der Waals surface area contributed by atoms with Crippen molar-refractivity contribution in [2.75, 3.05) is 5.73 Å². The highest BCUT2D eigenvalue weighted by Crippen LogP contribution is 2.18. The summed E-state index contributed by atoms with van der Waals surface area (Å²) in [4.78, 5) is 52.5. The molecule has 0 aliphatic carbocycles. The van der Waals surface area contributed by atoms with Crippen molar-refractivity contribution in [1.82, 2.24) is 15.3 Å². The van der Waals surface area contributed by atoms with Crippen LogP contribution in [0.4, 0.5) is 5.95 Å². The van der Waals surface area contributed by atoms with Crippen molar-refractivity contribution < 1.29 is 24.6 Å². The lowest BCUT2D eigenvalue weighted by Crippen LogP contribution is -2.41. The molecule has 0 fully saturated rings. The Morgan fingerprint density at radius 2 is 2.00 bits per heavy atom. The molecule has 2 rings (SSSR count). The minimum Gasteiger partial charge on any atom is -0.481 e. The van der Waals surface area contributed by atoms with E-state index in [9.17, 15) is 19.2 Å². The van der Waals surface area contributed by atoms with Gasteiger partial charge in [-0.05, 0) is 31.0 Å². The molecule has 1 amide bonds. The molecule has 1 aromatic carbocycles. The van der Waals surface area contributed by atoms with Gasteiger partial charge in [0.1, 0.15) is 6.04 Å². The standard InChI is InChI=1S/C15H16N4O6/c1-6-7(2-3-8-11(6)13(23)19-15(16)18-8)12(22)17-9(14(24)25)4-5-10(20)21/h2-3,9H,4-5H2,1H3,(H,17,22)(H,20,21)(H,24,25)(H3,16,18,19,23). The molecule has 0 radical (unpaired) electrons. The zero-order valence-corrected chi connectivity index (χ0v) is 13.2. The van der Waals surface area contributed by atoms with Crippen LogP contribution in [0.2, 0.25) is 0 Å². The first-order valence-corrected chi connectivity index (χ1v) is 7.25. The molecule has 1 heterocycles. The van der Waals surface area contributed by atoms with Crippen molar-refractivity contribution >= 4 is 34.7 Å². The molecule has 1 unspecified atom stereocenters. The summed E-state index contributed by atoms with van der Waals surface area (Å²) in [5, 5.41) is 20.2. The molecule has 0 aliphatic rings. The number of amides is 1. The highest BCUT2D eigenvalue weighted by molar-refractivity contribution is 6.01. The number of aromatic amines is 1. The summed E-state index contributed by atoms with van der Waals surface area (Å²) in [5.41, 5.74) is 5.65. The summed E-state index contributed by atoms with van der Waals surface area (Å²) >= 11 is 0. The summed E-state index contributed by atoms with van der Waals surface area (Å²) in [5.74, 6) is -3.31. The number of anilines is 1. The Hall–Kier alpha value is -3.43. The maximum Gasteiger partial charge on any atom is 0.326 e. The number of nitrogens with two attached hydrogens (primary N) is 1. The fourth-order valence-corrected chi connectivity index (χ4v) is 2.42. The topological polar surface area (TPSA) is 175 Å². The van der Waals surface area contributed by atoms with Crippen molar-refractivity contribution in [3.05, 3.63) is 33.6 Å². The molecule has 0 bridgehead atoms. The number of carbonyl (C=O) groups is 3. The van der Waals surface area contributed by atoms with E-state index in [-0.39, 0.29) is 23.3 Å². The Morgan fingerprint density at radius 3 is 2.60 bits per heavy atom. The molecule has 6 N–H and O–H groups in total. The third kappa shape index (κ3) is 3.91. The van der Waals surface area contributed by atoms with Gasteiger partial charge in [-0.15, -0.1) is 0 Å². The first kappa shape index (κ1) is 17.9. The maximum atomic E-state index is 12.4. The van der Waals surface area contributed by atoms with Gasteiger partial charge in [-0.25, -0.2) is 9.78 Å². The Kier molecular flexibility index (Phi) is 5.01. The Labute approximate surface area is 140 Å². The van der Waals surface area contributed by atoms with Crippen molar-refractivity contribution in [1.29, 1.82) is 0 Å². The molecule has 2 aromatic rings. The first-order valence-electron chi connectivity index (χ1n) is 7.25. The van der Waals surface area contributed by atoms with E-state index in [1.807, 2.05) is 0 Å². The van der Waals surface area contributed by atoms with Gasteiger partial charge in [0.2, 0.25) is 5.95 Å². The average molecular weight is 348 g/mol. The van der Waals surface area contributed by atoms with Crippen LogP contribution in [0.5, 0.6) is 0 Å². The smallest absolute Gasteiger partial charge is 0.326 e. The molecule has 25 heavy (non-hydrogen) atoms. The lowest BCUT2D eigenvalue weighted by atomic mass is 10.0. The lowest BCUT2D eigenvalue weighted by Gasteiger charge is -2.15. The van der Waals surface area contributed by atoms with Crippen LogP contribution in [0, 0.1) is 6.92 Å². The zero-order valence-electron chi connectivity index (χ0n) is 13.2. The number of nitrogens with zero attached hydrogens (tertiary/aromatic N) is 1. The van der Waals surface area contributed by atoms with Crippen molar-refractivity contribution in [3.8, 4) is 0 Å². The van der Waals surface area contributed by atoms with Crippen LogP contribution in [0.1, 0.15) is 28.8 Å². The van der Waals surface area contributed by atoms with Crippen molar-refractivity contribution in [2.45, 2.75) is 25.8 Å². The highest BCUT2D eigenvalue weighted by Gasteiger charge is 2.23. The van der Waals surface area contributed by atoms with Gasteiger partial charge >= 0.3 is 11.9 Å². The van der Waals surface area contributed by atoms with Crippen LogP contribution >= 0.6 is 0 Å². The van der Waals surface area contributed by atoms with Gasteiger partial charge in [-0.2, -0.15) is 0 Å². The molecular formula is C15H16N4O6. The predicted octanol–water partition coefficient (Wildman–Crippen LogP) is -0.138. The summed E-state index contributed by atoms with van der Waals surface area (Å²) in [6.07, 6.45) is -0.668. The van der Waals surface area contributed by atoms with Crippen LogP contribution in [-0.2, 0) is 9.59 Å². The second-order valence-corrected chi connectivity index (χ2v) is 5.38. The number of hydrogen-bond donors (Lipinski definition) is 5. The molecule has 132 valence electrons. The second kappa shape index (κ2) is 6.99. The van der Waals surface area contributed by atoms with E-state index in [1.165, 1.54) is 19.1 Å². The highest BCUT2D eigenvalue weighted by atomic mass is 16.4. The van der Waals surface area contributed by atoms with Crippen LogP contribution in [-0.4, -0.2) is 44.1 Å². The number of aryl methyl sites for hydroxylation is 1. The Bertz CT molecular complexity index is 920. The SMILES string of the molecule is Cc1c(C(=O)NC(CCC(=O)O)C(=O)O)ccc2nc(N)[nH]c(=O)c12. The van der Waals surface area contributed by atoms with Gasteiger partial charge in [0.25, 0.3) is 11.5 Å². The number of aromatic nitrogens is 2. The van der Waals surface area contributed by atoms with E-state index >= 15 is 0 Å². The number of nitrogen functional groups attached to an aromatic ring is 1. The molecule has 10 heteroatoms. The van der Waals surface area contributed by atoms with Crippen molar-refractivity contribution in [2.24, 2.45) is 0 Å². The number of aliphatic carboxylic acids is 2. The monoisotopic (exact) mass is 348 g/mol. The largest absolute Gasteiger partial charge is 0.481 e. The third-order valence-electron chi connectivity index (χ3n) is 3.65. The number of nitrogens with one attached hydrogen (secondary N) is 2. The van der Waals surface area contributed by atoms with Gasteiger partial charge in [0.05, 0.1) is 10.9 Å². The molecule has 0 saturated carbocycles. The van der Waals surface area contributed by atoms with E-state index in [1.54, 1.807) is 0 Å². The quantitative estimate of drug-likeness (QED) is 0.479. The molecule has 0 aliphatic heterocycles. The van der Waals surface area contributed by atoms with Crippen LogP contribution < -0.4 is 16.6 Å². The fraction of sp³-hybridized carbons (Fsp3) is 0.267. The van der Waals surface area contributed by atoms with E-state index < -0.39 is 35.9 Å². The Balaban J connectivity index is 2.35. The molecule has 1 atom stereocenters. The zero-order chi connectivity index (χ0) is 18.7. The lowest BCUT2D eigenvalue weighted by molar-refractivity contribution is -0.140. The number of hydrogen-bond acceptors (Lipinski definition) is 6. The number of carbonyl (C=O) groups excluding carboxylic acids is 1. The molecule has 10 nitrogen and oxygen atoms in total. The number of carboxylic acids is 2. The molecule has 1 aromatic heterocycles. The number of rotatable bonds is 6. The first-order chi connectivity index (χ1) is 11.7.